The number of nitrogens with zero attached hydrogens (tertiary/aromatic N) is 3. The molecule has 0 bridgehead atoms. The summed E-state index contributed by atoms with van der Waals surface area (Å²) in [5.74, 6) is 0.233. The molecule has 4 rings (SSSR count). The monoisotopic (exact) mass is 449 g/mol. The number of rotatable bonds is 6. The number of carbonyl (C=O) groups excluding carboxylic acids is 1. The summed E-state index contributed by atoms with van der Waals surface area (Å²) in [5, 5.41) is 0. The van der Waals surface area contributed by atoms with Crippen molar-refractivity contribution < 1.29 is 27.1 Å². The first-order chi connectivity index (χ1) is 14.9. The Kier molecular flexibility index (Phi) is 5.90. The highest BCUT2D eigenvalue weighted by Crippen LogP contribution is 2.36. The third-order valence-electron chi connectivity index (χ3n) is 5.45. The van der Waals surface area contributed by atoms with Crippen LogP contribution in [-0.4, -0.2) is 64.5 Å². The van der Waals surface area contributed by atoms with Crippen LogP contribution in [0.3, 0.4) is 0 Å². The molecule has 10 heteroatoms. The molecule has 2 aromatic rings. The fourth-order valence-electron chi connectivity index (χ4n) is 3.67. The Hall–Kier alpha value is -3.01. The Morgan fingerprint density at radius 3 is 2.48 bits per heavy atom. The summed E-state index contributed by atoms with van der Waals surface area (Å²) >= 11 is 0. The van der Waals surface area contributed by atoms with Gasteiger partial charge < -0.3 is 19.3 Å². The Bertz CT molecular complexity index is 1070. The molecule has 0 saturated carbocycles. The summed E-state index contributed by atoms with van der Waals surface area (Å²) in [6, 6.07) is 11.3. The highest BCUT2D eigenvalue weighted by atomic mass is 32.2. The summed E-state index contributed by atoms with van der Waals surface area (Å²) in [5.41, 5.74) is 0.856. The summed E-state index contributed by atoms with van der Waals surface area (Å²) in [6.45, 7) is 3.00. The van der Waals surface area contributed by atoms with E-state index in [1.165, 1.54) is 13.0 Å². The van der Waals surface area contributed by atoms with Crippen LogP contribution < -0.4 is 18.7 Å². The van der Waals surface area contributed by atoms with E-state index in [1.54, 1.807) is 41.3 Å². The zero-order chi connectivity index (χ0) is 22.0. The van der Waals surface area contributed by atoms with Gasteiger partial charge in [0, 0.05) is 32.2 Å². The van der Waals surface area contributed by atoms with Crippen molar-refractivity contribution >= 4 is 27.3 Å². The van der Waals surface area contributed by atoms with E-state index in [2.05, 4.69) is 0 Å². The van der Waals surface area contributed by atoms with Gasteiger partial charge in [-0.05, 0) is 31.2 Å². The minimum atomic E-state index is -3.69. The predicted molar refractivity (Wildman–Crippen MR) is 115 cm³/mol. The number of halogens is 1. The normalized spacial score (nSPS) is 15.8. The number of hydrogen-bond acceptors (Lipinski definition) is 6. The molecule has 2 aliphatic heterocycles. The van der Waals surface area contributed by atoms with Crippen molar-refractivity contribution in [3.05, 3.63) is 48.3 Å². The SMILES string of the molecule is CCS(=O)(=O)N(CC(=O)N1CCN(c2ccccc2F)CC1)c1ccc2c(c1)OCO2. The molecular weight excluding hydrogens is 425 g/mol. The van der Waals surface area contributed by atoms with Gasteiger partial charge in [0.2, 0.25) is 22.7 Å². The first-order valence-electron chi connectivity index (χ1n) is 10.1. The predicted octanol–water partition coefficient (Wildman–Crippen LogP) is 2.06. The van der Waals surface area contributed by atoms with Crippen LogP contribution in [0.1, 0.15) is 6.92 Å². The molecule has 2 heterocycles. The van der Waals surface area contributed by atoms with Gasteiger partial charge in [-0.2, -0.15) is 0 Å². The van der Waals surface area contributed by atoms with E-state index in [9.17, 15) is 17.6 Å². The van der Waals surface area contributed by atoms with Crippen molar-refractivity contribution in [1.29, 1.82) is 0 Å². The number of carbonyl (C=O) groups is 1. The smallest absolute Gasteiger partial charge is 0.243 e. The van der Waals surface area contributed by atoms with E-state index in [0.29, 0.717) is 49.1 Å². The van der Waals surface area contributed by atoms with Crippen molar-refractivity contribution in [2.45, 2.75) is 6.92 Å². The third kappa shape index (κ3) is 4.39. The molecule has 31 heavy (non-hydrogen) atoms. The lowest BCUT2D eigenvalue weighted by molar-refractivity contribution is -0.129. The number of hydrogen-bond donors (Lipinski definition) is 0. The van der Waals surface area contributed by atoms with E-state index in [4.69, 9.17) is 9.47 Å². The minimum Gasteiger partial charge on any atom is -0.454 e. The van der Waals surface area contributed by atoms with E-state index in [-0.39, 0.29) is 30.8 Å². The number of fused-ring (bicyclic) bond motifs is 1. The number of ether oxygens (including phenoxy) is 2. The van der Waals surface area contributed by atoms with E-state index in [0.717, 1.165) is 4.31 Å². The molecule has 1 amide bonds. The van der Waals surface area contributed by atoms with Gasteiger partial charge in [-0.25, -0.2) is 12.8 Å². The second-order valence-corrected chi connectivity index (χ2v) is 9.45. The van der Waals surface area contributed by atoms with Gasteiger partial charge in [0.1, 0.15) is 12.4 Å². The fourth-order valence-corrected chi connectivity index (χ4v) is 4.73. The van der Waals surface area contributed by atoms with Crippen LogP contribution in [0.5, 0.6) is 11.5 Å². The first kappa shape index (κ1) is 21.2. The first-order valence-corrected chi connectivity index (χ1v) is 11.7. The Labute approximate surface area is 180 Å². The zero-order valence-corrected chi connectivity index (χ0v) is 18.0. The quantitative estimate of drug-likeness (QED) is 0.672. The lowest BCUT2D eigenvalue weighted by atomic mass is 10.2. The van der Waals surface area contributed by atoms with Gasteiger partial charge in [-0.3, -0.25) is 9.10 Å². The highest BCUT2D eigenvalue weighted by molar-refractivity contribution is 7.92. The molecule has 0 spiro atoms. The summed E-state index contributed by atoms with van der Waals surface area (Å²) < 4.78 is 51.2. The number of benzene rings is 2. The largest absolute Gasteiger partial charge is 0.454 e. The molecule has 2 aromatic carbocycles. The third-order valence-corrected chi connectivity index (χ3v) is 7.19. The summed E-state index contributed by atoms with van der Waals surface area (Å²) in [6.07, 6.45) is 0. The van der Waals surface area contributed by atoms with E-state index in [1.807, 2.05) is 4.90 Å². The molecule has 0 radical (unpaired) electrons. The van der Waals surface area contributed by atoms with E-state index < -0.39 is 10.0 Å². The Morgan fingerprint density at radius 1 is 1.06 bits per heavy atom. The number of piperazine rings is 1. The van der Waals surface area contributed by atoms with Gasteiger partial charge in [0.15, 0.2) is 11.5 Å². The van der Waals surface area contributed by atoms with Crippen LogP contribution in [0, 0.1) is 5.82 Å². The molecule has 8 nitrogen and oxygen atoms in total. The summed E-state index contributed by atoms with van der Waals surface area (Å²) in [4.78, 5) is 16.5. The second-order valence-electron chi connectivity index (χ2n) is 7.26. The molecular formula is C21H24FN3O5S. The second kappa shape index (κ2) is 8.62. The van der Waals surface area contributed by atoms with Crippen molar-refractivity contribution in [3.63, 3.8) is 0 Å². The van der Waals surface area contributed by atoms with Gasteiger partial charge >= 0.3 is 0 Å². The minimum absolute atomic E-state index is 0.0739. The van der Waals surface area contributed by atoms with Crippen molar-refractivity contribution in [2.24, 2.45) is 0 Å². The maximum absolute atomic E-state index is 14.0. The van der Waals surface area contributed by atoms with Crippen LogP contribution >= 0.6 is 0 Å². The molecule has 0 unspecified atom stereocenters. The molecule has 0 aromatic heterocycles. The fraction of sp³-hybridized carbons (Fsp3) is 0.381. The molecule has 2 aliphatic rings. The highest BCUT2D eigenvalue weighted by Gasteiger charge is 2.29. The van der Waals surface area contributed by atoms with Crippen LogP contribution in [0.15, 0.2) is 42.5 Å². The van der Waals surface area contributed by atoms with Crippen LogP contribution in [0.2, 0.25) is 0 Å². The number of para-hydroxylation sites is 1. The number of sulfonamides is 1. The number of anilines is 2. The maximum atomic E-state index is 14.0. The van der Waals surface area contributed by atoms with Gasteiger partial charge in [-0.15, -0.1) is 0 Å². The zero-order valence-electron chi connectivity index (χ0n) is 17.2. The van der Waals surface area contributed by atoms with Crippen LogP contribution in [0.4, 0.5) is 15.8 Å². The van der Waals surface area contributed by atoms with Gasteiger partial charge in [0.25, 0.3) is 0 Å². The standard InChI is InChI=1S/C21H24FN3O5S/c1-2-31(27,28)25(16-7-8-19-20(13-16)30-15-29-19)14-21(26)24-11-9-23(10-12-24)18-6-4-3-5-17(18)22/h3-8,13H,2,9-12,14-15H2,1H3. The van der Waals surface area contributed by atoms with Gasteiger partial charge in [0.05, 0.1) is 17.1 Å². The van der Waals surface area contributed by atoms with Crippen molar-refractivity contribution in [3.8, 4) is 11.5 Å². The van der Waals surface area contributed by atoms with Crippen LogP contribution in [0.25, 0.3) is 0 Å². The van der Waals surface area contributed by atoms with Crippen molar-refractivity contribution in [1.82, 2.24) is 4.90 Å². The molecule has 0 N–H and O–H groups in total. The van der Waals surface area contributed by atoms with Gasteiger partial charge in [-0.1, -0.05) is 12.1 Å². The average molecular weight is 450 g/mol. The molecule has 166 valence electrons. The Morgan fingerprint density at radius 2 is 1.77 bits per heavy atom. The number of amides is 1. The Balaban J connectivity index is 1.47. The topological polar surface area (TPSA) is 79.4 Å². The van der Waals surface area contributed by atoms with E-state index >= 15 is 0 Å². The molecule has 1 fully saturated rings. The average Bonchev–Trinajstić information content (AvgIpc) is 3.25. The van der Waals surface area contributed by atoms with Crippen molar-refractivity contribution in [2.75, 3.05) is 54.5 Å². The summed E-state index contributed by atoms with van der Waals surface area (Å²) in [7, 11) is -3.69. The lowest BCUT2D eigenvalue weighted by Crippen LogP contribution is -2.52. The van der Waals surface area contributed by atoms with Crippen LogP contribution in [-0.2, 0) is 14.8 Å². The molecule has 1 saturated heterocycles. The maximum Gasteiger partial charge on any atom is 0.243 e. The molecule has 0 aliphatic carbocycles. The lowest BCUT2D eigenvalue weighted by Gasteiger charge is -2.37. The molecule has 0 atom stereocenters.